The fourth-order valence-electron chi connectivity index (χ4n) is 1.20. The Bertz CT molecular complexity index is 411. The molecule has 0 aliphatic carbocycles. The summed E-state index contributed by atoms with van der Waals surface area (Å²) in [5.74, 6) is 0.471. The predicted octanol–water partition coefficient (Wildman–Crippen LogP) is 0.769. The molecule has 0 radical (unpaired) electrons. The first-order valence-electron chi connectivity index (χ1n) is 4.77. The molecule has 2 N–H and O–H groups in total. The van der Waals surface area contributed by atoms with Crippen LogP contribution in [0, 0.1) is 0 Å². The molecule has 0 amide bonds. The van der Waals surface area contributed by atoms with Crippen molar-refractivity contribution in [1.82, 2.24) is 4.31 Å². The van der Waals surface area contributed by atoms with Gasteiger partial charge < -0.3 is 10.2 Å². The molecule has 6 heteroatoms. The van der Waals surface area contributed by atoms with E-state index in [9.17, 15) is 8.42 Å². The number of nitrogens with two attached hydrogens (primary N) is 1. The second kappa shape index (κ2) is 4.78. The zero-order valence-corrected chi connectivity index (χ0v) is 9.75. The molecule has 0 aliphatic rings. The second-order valence-electron chi connectivity index (χ2n) is 3.25. The Balaban J connectivity index is 2.95. The van der Waals surface area contributed by atoms with Gasteiger partial charge in [-0.25, -0.2) is 8.42 Å². The van der Waals surface area contributed by atoms with Gasteiger partial charge in [0.15, 0.2) is 0 Å². The van der Waals surface area contributed by atoms with E-state index in [-0.39, 0.29) is 11.6 Å². The van der Waals surface area contributed by atoms with Crippen molar-refractivity contribution in [3.8, 4) is 0 Å². The molecule has 0 aliphatic heterocycles. The summed E-state index contributed by atoms with van der Waals surface area (Å²) < 4.78 is 30.1. The third-order valence-corrected chi connectivity index (χ3v) is 3.77. The van der Waals surface area contributed by atoms with E-state index in [4.69, 9.17) is 10.2 Å². The van der Waals surface area contributed by atoms with Gasteiger partial charge in [0.1, 0.15) is 5.76 Å². The molecule has 0 saturated heterocycles. The summed E-state index contributed by atoms with van der Waals surface area (Å²) in [6.07, 6.45) is 0.764. The normalized spacial score (nSPS) is 12.3. The van der Waals surface area contributed by atoms with Gasteiger partial charge in [0.2, 0.25) is 5.09 Å². The van der Waals surface area contributed by atoms with Crippen molar-refractivity contribution in [2.45, 2.75) is 25.0 Å². The van der Waals surface area contributed by atoms with Gasteiger partial charge in [0.25, 0.3) is 10.0 Å². The van der Waals surface area contributed by atoms with E-state index < -0.39 is 10.0 Å². The van der Waals surface area contributed by atoms with E-state index in [1.165, 1.54) is 17.4 Å². The number of sulfonamides is 1. The molecule has 1 rings (SSSR count). The zero-order valence-electron chi connectivity index (χ0n) is 8.93. The minimum absolute atomic E-state index is 0.0427. The Labute approximate surface area is 89.9 Å². The fourth-order valence-corrected chi connectivity index (χ4v) is 2.38. The van der Waals surface area contributed by atoms with E-state index in [1.54, 1.807) is 6.07 Å². The van der Waals surface area contributed by atoms with E-state index in [0.29, 0.717) is 12.3 Å². The standard InChI is InChI=1S/C9H16N2O3S/c1-3-6-11(2)15(12,13)9-5-4-8(7-10)14-9/h4-5H,3,6-7,10H2,1-2H3. The molecule has 5 nitrogen and oxygen atoms in total. The van der Waals surface area contributed by atoms with Crippen molar-refractivity contribution >= 4 is 10.0 Å². The number of hydrogen-bond acceptors (Lipinski definition) is 4. The minimum Gasteiger partial charge on any atom is -0.447 e. The molecule has 0 atom stereocenters. The maximum Gasteiger partial charge on any atom is 0.276 e. The van der Waals surface area contributed by atoms with Crippen LogP contribution in [0.1, 0.15) is 19.1 Å². The zero-order chi connectivity index (χ0) is 11.5. The van der Waals surface area contributed by atoms with Crippen LogP contribution in [0.2, 0.25) is 0 Å². The molecule has 0 unspecified atom stereocenters. The topological polar surface area (TPSA) is 76.5 Å². The first-order valence-corrected chi connectivity index (χ1v) is 6.21. The summed E-state index contributed by atoms with van der Waals surface area (Å²) in [6.45, 7) is 2.59. The van der Waals surface area contributed by atoms with E-state index in [2.05, 4.69) is 0 Å². The second-order valence-corrected chi connectivity index (χ2v) is 5.23. The van der Waals surface area contributed by atoms with E-state index in [0.717, 1.165) is 6.42 Å². The van der Waals surface area contributed by atoms with Crippen LogP contribution in [0.25, 0.3) is 0 Å². The van der Waals surface area contributed by atoms with Crippen molar-refractivity contribution < 1.29 is 12.8 Å². The summed E-state index contributed by atoms with van der Waals surface area (Å²) in [6, 6.07) is 3.01. The quantitative estimate of drug-likeness (QED) is 0.813. The van der Waals surface area contributed by atoms with Crippen LogP contribution in [0.5, 0.6) is 0 Å². The summed E-state index contributed by atoms with van der Waals surface area (Å²) in [5, 5.41) is -0.0427. The van der Waals surface area contributed by atoms with Crippen molar-refractivity contribution in [3.05, 3.63) is 17.9 Å². The molecule has 0 bridgehead atoms. The highest BCUT2D eigenvalue weighted by Gasteiger charge is 2.23. The molecule has 0 spiro atoms. The van der Waals surface area contributed by atoms with Crippen LogP contribution in [0.15, 0.2) is 21.6 Å². The molecule has 0 fully saturated rings. The maximum absolute atomic E-state index is 11.8. The largest absolute Gasteiger partial charge is 0.447 e. The summed E-state index contributed by atoms with van der Waals surface area (Å²) in [5.41, 5.74) is 5.34. The van der Waals surface area contributed by atoms with E-state index in [1.807, 2.05) is 6.92 Å². The maximum atomic E-state index is 11.8. The highest BCUT2D eigenvalue weighted by molar-refractivity contribution is 7.89. The van der Waals surface area contributed by atoms with Crippen LogP contribution in [0.4, 0.5) is 0 Å². The predicted molar refractivity (Wildman–Crippen MR) is 56.7 cm³/mol. The number of furan rings is 1. The molecule has 0 saturated carbocycles. The SMILES string of the molecule is CCCN(C)S(=O)(=O)c1ccc(CN)o1. The number of nitrogens with zero attached hydrogens (tertiary/aromatic N) is 1. The van der Waals surface area contributed by atoms with Gasteiger partial charge >= 0.3 is 0 Å². The van der Waals surface area contributed by atoms with Gasteiger partial charge in [-0.15, -0.1) is 0 Å². The number of hydrogen-bond donors (Lipinski definition) is 1. The van der Waals surface area contributed by atoms with Gasteiger partial charge in [-0.3, -0.25) is 0 Å². The highest BCUT2D eigenvalue weighted by Crippen LogP contribution is 2.17. The summed E-state index contributed by atoms with van der Waals surface area (Å²) in [7, 11) is -1.95. The van der Waals surface area contributed by atoms with Gasteiger partial charge in [0.05, 0.1) is 6.54 Å². The van der Waals surface area contributed by atoms with Gasteiger partial charge in [-0.2, -0.15) is 4.31 Å². The van der Waals surface area contributed by atoms with Gasteiger partial charge in [-0.1, -0.05) is 6.92 Å². The Hall–Kier alpha value is -0.850. The first kappa shape index (κ1) is 12.2. The van der Waals surface area contributed by atoms with Gasteiger partial charge in [0, 0.05) is 13.6 Å². The highest BCUT2D eigenvalue weighted by atomic mass is 32.2. The molecular formula is C9H16N2O3S. The molecule has 1 heterocycles. The third kappa shape index (κ3) is 2.58. The lowest BCUT2D eigenvalue weighted by Gasteiger charge is -2.13. The molecule has 1 aromatic heterocycles. The fraction of sp³-hybridized carbons (Fsp3) is 0.556. The van der Waals surface area contributed by atoms with Crippen LogP contribution in [-0.4, -0.2) is 26.3 Å². The van der Waals surface area contributed by atoms with Crippen molar-refractivity contribution in [3.63, 3.8) is 0 Å². The van der Waals surface area contributed by atoms with Gasteiger partial charge in [-0.05, 0) is 18.6 Å². The van der Waals surface area contributed by atoms with Crippen LogP contribution in [-0.2, 0) is 16.6 Å². The Kier molecular flexibility index (Phi) is 3.90. The summed E-state index contributed by atoms with van der Waals surface area (Å²) in [4.78, 5) is 0. The lowest BCUT2D eigenvalue weighted by atomic mass is 10.5. The lowest BCUT2D eigenvalue weighted by molar-refractivity contribution is 0.389. The monoisotopic (exact) mass is 232 g/mol. The Morgan fingerprint density at radius 3 is 2.60 bits per heavy atom. The molecule has 86 valence electrons. The average Bonchev–Trinajstić information content (AvgIpc) is 2.66. The lowest BCUT2D eigenvalue weighted by Crippen LogP contribution is -2.27. The van der Waals surface area contributed by atoms with Crippen molar-refractivity contribution in [2.24, 2.45) is 5.73 Å². The third-order valence-electron chi connectivity index (χ3n) is 2.04. The number of rotatable bonds is 5. The smallest absolute Gasteiger partial charge is 0.276 e. The van der Waals surface area contributed by atoms with Crippen LogP contribution in [0.3, 0.4) is 0 Å². The van der Waals surface area contributed by atoms with Crippen LogP contribution < -0.4 is 5.73 Å². The Morgan fingerprint density at radius 1 is 1.47 bits per heavy atom. The van der Waals surface area contributed by atoms with Crippen molar-refractivity contribution in [2.75, 3.05) is 13.6 Å². The Morgan fingerprint density at radius 2 is 2.13 bits per heavy atom. The summed E-state index contributed by atoms with van der Waals surface area (Å²) >= 11 is 0. The van der Waals surface area contributed by atoms with Crippen LogP contribution >= 0.6 is 0 Å². The molecule has 15 heavy (non-hydrogen) atoms. The molecule has 0 aromatic carbocycles. The minimum atomic E-state index is -3.48. The molecular weight excluding hydrogens is 216 g/mol. The average molecular weight is 232 g/mol. The van der Waals surface area contributed by atoms with Crippen molar-refractivity contribution in [1.29, 1.82) is 0 Å². The first-order chi connectivity index (χ1) is 7.02. The molecule has 1 aromatic rings. The van der Waals surface area contributed by atoms with E-state index >= 15 is 0 Å².